The zero-order valence-corrected chi connectivity index (χ0v) is 9.00. The average Bonchev–Trinajstić information content (AvgIpc) is 2.58. The van der Waals surface area contributed by atoms with Gasteiger partial charge < -0.3 is 5.11 Å². The summed E-state index contributed by atoms with van der Waals surface area (Å²) in [6.45, 7) is 0.937. The van der Waals surface area contributed by atoms with Gasteiger partial charge in [-0.15, -0.1) is 0 Å². The van der Waals surface area contributed by atoms with Crippen molar-refractivity contribution < 1.29 is 18.3 Å². The van der Waals surface area contributed by atoms with Crippen LogP contribution in [0.5, 0.6) is 0 Å². The van der Waals surface area contributed by atoms with Gasteiger partial charge in [-0.2, -0.15) is 15.1 Å². The molecule has 8 nitrogen and oxygen atoms in total. The smallest absolute Gasteiger partial charge is 0.357 e. The number of rotatable bonds is 4. The van der Waals surface area contributed by atoms with Crippen molar-refractivity contribution in [1.82, 2.24) is 14.9 Å². The van der Waals surface area contributed by atoms with Crippen LogP contribution in [0.4, 0.5) is 0 Å². The van der Waals surface area contributed by atoms with Crippen LogP contribution in [0, 0.1) is 18.3 Å². The molecule has 86 valence electrons. The molecule has 0 unspecified atom stereocenters. The first-order chi connectivity index (χ1) is 7.40. The van der Waals surface area contributed by atoms with Gasteiger partial charge >= 0.3 is 5.97 Å². The van der Waals surface area contributed by atoms with Gasteiger partial charge in [0.25, 0.3) is 0 Å². The highest BCUT2D eigenvalue weighted by Gasteiger charge is 2.27. The van der Waals surface area contributed by atoms with Gasteiger partial charge in [-0.25, -0.2) is 13.2 Å². The molecule has 1 aromatic heterocycles. The van der Waals surface area contributed by atoms with Crippen LogP contribution in [0.15, 0.2) is 4.90 Å². The third kappa shape index (κ3) is 2.18. The van der Waals surface area contributed by atoms with Gasteiger partial charge in [0.1, 0.15) is 4.90 Å². The molecule has 0 amide bonds. The monoisotopic (exact) mass is 244 g/mol. The molecule has 0 atom stereocenters. The van der Waals surface area contributed by atoms with Crippen molar-refractivity contribution in [2.24, 2.45) is 0 Å². The van der Waals surface area contributed by atoms with Crippen LogP contribution in [0.3, 0.4) is 0 Å². The van der Waals surface area contributed by atoms with E-state index in [0.29, 0.717) is 0 Å². The van der Waals surface area contributed by atoms with Crippen LogP contribution < -0.4 is 4.72 Å². The average molecular weight is 244 g/mol. The molecule has 0 aliphatic rings. The van der Waals surface area contributed by atoms with Crippen molar-refractivity contribution >= 4 is 16.0 Å². The number of H-pyrrole nitrogens is 1. The molecule has 1 heterocycles. The molecule has 1 rings (SSSR count). The number of aromatic carboxylic acids is 1. The first kappa shape index (κ1) is 12.2. The van der Waals surface area contributed by atoms with Crippen molar-refractivity contribution in [2.45, 2.75) is 11.8 Å². The van der Waals surface area contributed by atoms with Gasteiger partial charge in [0.15, 0.2) is 5.69 Å². The molecular formula is C7H8N4O4S. The molecule has 0 saturated carbocycles. The minimum atomic E-state index is -4.03. The van der Waals surface area contributed by atoms with Gasteiger partial charge in [0.2, 0.25) is 10.0 Å². The normalized spacial score (nSPS) is 11.0. The standard InChI is InChI=1S/C7H8N4O4S/c1-4-6(5(7(12)13)11-10-4)16(14,15)9-3-2-8/h9H,3H2,1H3,(H,10,11)(H,12,13). The van der Waals surface area contributed by atoms with E-state index in [9.17, 15) is 13.2 Å². The van der Waals surface area contributed by atoms with Gasteiger partial charge in [0, 0.05) is 0 Å². The Hall–Kier alpha value is -1.92. The first-order valence-corrected chi connectivity index (χ1v) is 5.53. The molecule has 0 spiro atoms. The maximum Gasteiger partial charge on any atom is 0.357 e. The number of aromatic nitrogens is 2. The fourth-order valence-electron chi connectivity index (χ4n) is 1.09. The summed E-state index contributed by atoms with van der Waals surface area (Å²) in [6.07, 6.45) is 0. The second kappa shape index (κ2) is 4.30. The Morgan fingerprint density at radius 2 is 2.31 bits per heavy atom. The van der Waals surface area contributed by atoms with Crippen LogP contribution >= 0.6 is 0 Å². The number of nitrogens with zero attached hydrogens (tertiary/aromatic N) is 2. The van der Waals surface area contributed by atoms with E-state index in [2.05, 4.69) is 10.2 Å². The molecule has 0 aliphatic carbocycles. The lowest BCUT2D eigenvalue weighted by atomic mass is 10.4. The van der Waals surface area contributed by atoms with E-state index in [1.807, 2.05) is 4.72 Å². The van der Waals surface area contributed by atoms with E-state index in [4.69, 9.17) is 10.4 Å². The predicted octanol–water partition coefficient (Wildman–Crippen LogP) is -0.782. The number of carboxylic acid groups (broad SMARTS) is 1. The number of carboxylic acids is 1. The van der Waals surface area contributed by atoms with E-state index in [1.54, 1.807) is 6.07 Å². The maximum atomic E-state index is 11.6. The van der Waals surface area contributed by atoms with Gasteiger partial charge in [-0.1, -0.05) is 0 Å². The van der Waals surface area contributed by atoms with Crippen LogP contribution in [0.2, 0.25) is 0 Å². The molecule has 3 N–H and O–H groups in total. The van der Waals surface area contributed by atoms with Crippen LogP contribution in [0.25, 0.3) is 0 Å². The van der Waals surface area contributed by atoms with Crippen molar-refractivity contribution in [3.8, 4) is 6.07 Å². The Balaban J connectivity index is 3.28. The van der Waals surface area contributed by atoms with Gasteiger partial charge in [-0.05, 0) is 6.92 Å². The fourth-order valence-corrected chi connectivity index (χ4v) is 2.33. The molecule has 0 aliphatic heterocycles. The lowest BCUT2D eigenvalue weighted by Crippen LogP contribution is -2.26. The van der Waals surface area contributed by atoms with Gasteiger partial charge in [-0.3, -0.25) is 5.10 Å². The zero-order valence-electron chi connectivity index (χ0n) is 8.18. The second-order valence-electron chi connectivity index (χ2n) is 2.81. The Kier molecular flexibility index (Phi) is 3.26. The van der Waals surface area contributed by atoms with E-state index < -0.39 is 33.1 Å². The summed E-state index contributed by atoms with van der Waals surface area (Å²) >= 11 is 0. The number of aromatic amines is 1. The Bertz CT molecular complexity index is 553. The highest BCUT2D eigenvalue weighted by Crippen LogP contribution is 2.16. The first-order valence-electron chi connectivity index (χ1n) is 4.05. The lowest BCUT2D eigenvalue weighted by Gasteiger charge is -2.02. The number of aryl methyl sites for hydroxylation is 1. The third-order valence-electron chi connectivity index (χ3n) is 1.70. The van der Waals surface area contributed by atoms with Gasteiger partial charge in [0.05, 0.1) is 18.3 Å². The molecule has 0 fully saturated rings. The van der Waals surface area contributed by atoms with E-state index >= 15 is 0 Å². The SMILES string of the molecule is Cc1[nH]nc(C(=O)O)c1S(=O)(=O)NCC#N. The highest BCUT2D eigenvalue weighted by molar-refractivity contribution is 7.89. The molecule has 1 aromatic rings. The second-order valence-corrected chi connectivity index (χ2v) is 4.52. The Morgan fingerprint density at radius 1 is 1.69 bits per heavy atom. The molecule has 9 heteroatoms. The number of carbonyl (C=O) groups is 1. The summed E-state index contributed by atoms with van der Waals surface area (Å²) in [5.41, 5.74) is -0.495. The number of nitriles is 1. The summed E-state index contributed by atoms with van der Waals surface area (Å²) in [7, 11) is -4.03. The molecule has 0 saturated heterocycles. The number of sulfonamides is 1. The van der Waals surface area contributed by atoms with Crippen LogP contribution in [0.1, 0.15) is 16.2 Å². The summed E-state index contributed by atoms with van der Waals surface area (Å²) < 4.78 is 25.2. The summed E-state index contributed by atoms with van der Waals surface area (Å²) in [5, 5.41) is 22.6. The minimum absolute atomic E-state index is 0.0999. The topological polar surface area (TPSA) is 136 Å². The fraction of sp³-hybridized carbons (Fsp3) is 0.286. The number of hydrogen-bond acceptors (Lipinski definition) is 5. The number of hydrogen-bond donors (Lipinski definition) is 3. The highest BCUT2D eigenvalue weighted by atomic mass is 32.2. The summed E-state index contributed by atoms with van der Waals surface area (Å²) in [6, 6.07) is 1.59. The van der Waals surface area contributed by atoms with E-state index in [1.165, 1.54) is 6.92 Å². The minimum Gasteiger partial charge on any atom is -0.476 e. The van der Waals surface area contributed by atoms with Crippen molar-refractivity contribution in [3.63, 3.8) is 0 Å². The summed E-state index contributed by atoms with van der Waals surface area (Å²) in [5.74, 6) is -1.46. The largest absolute Gasteiger partial charge is 0.476 e. The van der Waals surface area contributed by atoms with Crippen molar-refractivity contribution in [1.29, 1.82) is 5.26 Å². The third-order valence-corrected chi connectivity index (χ3v) is 3.27. The predicted molar refractivity (Wildman–Crippen MR) is 51.1 cm³/mol. The zero-order chi connectivity index (χ0) is 12.3. The van der Waals surface area contributed by atoms with Crippen LogP contribution in [-0.2, 0) is 10.0 Å². The van der Waals surface area contributed by atoms with E-state index in [-0.39, 0.29) is 5.69 Å². The molecule has 16 heavy (non-hydrogen) atoms. The van der Waals surface area contributed by atoms with Crippen molar-refractivity contribution in [3.05, 3.63) is 11.4 Å². The molecule has 0 radical (unpaired) electrons. The van der Waals surface area contributed by atoms with Crippen LogP contribution in [-0.4, -0.2) is 36.2 Å². The van der Waals surface area contributed by atoms with Crippen molar-refractivity contribution in [2.75, 3.05) is 6.54 Å². The molecular weight excluding hydrogens is 236 g/mol. The molecule has 0 aromatic carbocycles. The summed E-state index contributed by atoms with van der Waals surface area (Å²) in [4.78, 5) is 10.3. The lowest BCUT2D eigenvalue weighted by molar-refractivity contribution is 0.0686. The Labute approximate surface area is 90.9 Å². The number of nitrogens with one attached hydrogen (secondary N) is 2. The maximum absolute atomic E-state index is 11.6. The Morgan fingerprint density at radius 3 is 2.81 bits per heavy atom. The molecule has 0 bridgehead atoms. The van der Waals surface area contributed by atoms with E-state index in [0.717, 1.165) is 0 Å². The quantitative estimate of drug-likeness (QED) is 0.594.